The molecule has 1 aromatic carbocycles. The number of carbonyl (C=O) groups excluding carboxylic acids is 1. The van der Waals surface area contributed by atoms with Crippen LogP contribution < -0.4 is 5.32 Å². The molecule has 0 unspecified atom stereocenters. The molecule has 0 amide bonds. The van der Waals surface area contributed by atoms with E-state index in [9.17, 15) is 4.79 Å². The summed E-state index contributed by atoms with van der Waals surface area (Å²) in [7, 11) is 0. The topological polar surface area (TPSA) is 29.1 Å². The third-order valence-corrected chi connectivity index (χ3v) is 3.60. The van der Waals surface area contributed by atoms with Crippen LogP contribution in [0.5, 0.6) is 0 Å². The lowest BCUT2D eigenvalue weighted by Gasteiger charge is -2.07. The number of carbonyl (C=O) groups is 1. The van der Waals surface area contributed by atoms with Gasteiger partial charge in [-0.3, -0.25) is 4.79 Å². The molecule has 14 heavy (non-hydrogen) atoms. The second-order valence-electron chi connectivity index (χ2n) is 4.13. The van der Waals surface area contributed by atoms with E-state index >= 15 is 0 Å². The second-order valence-corrected chi connectivity index (χ2v) is 4.54. The summed E-state index contributed by atoms with van der Waals surface area (Å²) in [6, 6.07) is 3.63. The molecule has 1 aliphatic carbocycles. The minimum absolute atomic E-state index is 0.243. The zero-order chi connectivity index (χ0) is 9.92. The fourth-order valence-corrected chi connectivity index (χ4v) is 2.22. The quantitative estimate of drug-likeness (QED) is 0.709. The van der Waals surface area contributed by atoms with Crippen molar-refractivity contribution >= 4 is 23.1 Å². The van der Waals surface area contributed by atoms with Crippen molar-refractivity contribution in [2.75, 3.05) is 5.32 Å². The Morgan fingerprint density at radius 1 is 1.43 bits per heavy atom. The lowest BCUT2D eigenvalue weighted by molar-refractivity contribution is 0.0969. The third-order valence-electron chi connectivity index (χ3n) is 3.19. The molecule has 1 spiro atoms. The summed E-state index contributed by atoms with van der Waals surface area (Å²) in [6.45, 7) is 1.95. The maximum atomic E-state index is 11.9. The maximum Gasteiger partial charge on any atom is 0.190 e. The van der Waals surface area contributed by atoms with Crippen LogP contribution in [0.2, 0.25) is 5.02 Å². The van der Waals surface area contributed by atoms with E-state index in [0.717, 1.165) is 34.7 Å². The molecule has 0 radical (unpaired) electrons. The van der Waals surface area contributed by atoms with Crippen molar-refractivity contribution in [1.82, 2.24) is 0 Å². The highest BCUT2D eigenvalue weighted by atomic mass is 35.5. The van der Waals surface area contributed by atoms with E-state index in [1.165, 1.54) is 0 Å². The van der Waals surface area contributed by atoms with Gasteiger partial charge in [-0.05, 0) is 37.5 Å². The maximum absolute atomic E-state index is 11.9. The van der Waals surface area contributed by atoms with Gasteiger partial charge in [-0.15, -0.1) is 0 Å². The first kappa shape index (κ1) is 8.30. The Balaban J connectivity index is 2.22. The number of hydrogen-bond acceptors (Lipinski definition) is 2. The summed E-state index contributed by atoms with van der Waals surface area (Å²) in [5, 5.41) is 4.03. The number of hydrogen-bond donors (Lipinski definition) is 1. The molecule has 1 aromatic rings. The van der Waals surface area contributed by atoms with Crippen molar-refractivity contribution in [3.05, 3.63) is 28.3 Å². The molecule has 1 fully saturated rings. The highest BCUT2D eigenvalue weighted by molar-refractivity contribution is 6.32. The molecule has 72 valence electrons. The Bertz CT molecular complexity index is 449. The van der Waals surface area contributed by atoms with Crippen LogP contribution in [0.15, 0.2) is 12.1 Å². The third kappa shape index (κ3) is 0.845. The lowest BCUT2D eigenvalue weighted by Crippen LogP contribution is -2.23. The van der Waals surface area contributed by atoms with Crippen molar-refractivity contribution in [2.45, 2.75) is 25.3 Å². The Kier molecular flexibility index (Phi) is 1.37. The van der Waals surface area contributed by atoms with Gasteiger partial charge in [0.15, 0.2) is 5.78 Å². The first-order chi connectivity index (χ1) is 6.64. The zero-order valence-corrected chi connectivity index (χ0v) is 8.61. The van der Waals surface area contributed by atoms with Crippen molar-refractivity contribution in [1.29, 1.82) is 0 Å². The van der Waals surface area contributed by atoms with Crippen molar-refractivity contribution < 1.29 is 4.79 Å². The van der Waals surface area contributed by atoms with Crippen LogP contribution in [0.1, 0.15) is 28.8 Å². The lowest BCUT2D eigenvalue weighted by atomic mass is 10.1. The van der Waals surface area contributed by atoms with E-state index < -0.39 is 0 Å². The average Bonchev–Trinajstić information content (AvgIpc) is 2.87. The van der Waals surface area contributed by atoms with E-state index in [4.69, 9.17) is 11.6 Å². The molecule has 1 aliphatic heterocycles. The van der Waals surface area contributed by atoms with Gasteiger partial charge in [0, 0.05) is 10.6 Å². The van der Waals surface area contributed by atoms with Crippen molar-refractivity contribution in [3.8, 4) is 0 Å². The Labute approximate surface area is 87.3 Å². The molecule has 0 bridgehead atoms. The molecule has 3 heteroatoms. The normalized spacial score (nSPS) is 20.9. The molecule has 0 atom stereocenters. The first-order valence-corrected chi connectivity index (χ1v) is 5.14. The van der Waals surface area contributed by atoms with Gasteiger partial charge >= 0.3 is 0 Å². The molecular weight excluding hydrogens is 198 g/mol. The van der Waals surface area contributed by atoms with Gasteiger partial charge in [-0.25, -0.2) is 0 Å². The Morgan fingerprint density at radius 2 is 2.14 bits per heavy atom. The minimum Gasteiger partial charge on any atom is -0.372 e. The number of rotatable bonds is 0. The van der Waals surface area contributed by atoms with Gasteiger partial charge in [0.25, 0.3) is 0 Å². The summed E-state index contributed by atoms with van der Waals surface area (Å²) in [6.07, 6.45) is 1.91. The van der Waals surface area contributed by atoms with Crippen molar-refractivity contribution in [3.63, 3.8) is 0 Å². The summed E-state index contributed by atoms with van der Waals surface area (Å²) in [5.41, 5.74) is 2.49. The molecule has 0 saturated heterocycles. The Morgan fingerprint density at radius 3 is 2.79 bits per heavy atom. The fraction of sp³-hybridized carbons (Fsp3) is 0.364. The summed E-state index contributed by atoms with van der Waals surface area (Å²) in [5.74, 6) is 0.243. The first-order valence-electron chi connectivity index (χ1n) is 4.76. The number of nitrogens with one attached hydrogen (secondary N) is 1. The summed E-state index contributed by atoms with van der Waals surface area (Å²) in [4.78, 5) is 11.9. The molecule has 1 saturated carbocycles. The number of benzene rings is 1. The van der Waals surface area contributed by atoms with E-state index in [0.29, 0.717) is 0 Å². The van der Waals surface area contributed by atoms with Crippen LogP contribution in [0.4, 0.5) is 5.69 Å². The van der Waals surface area contributed by atoms with E-state index in [1.807, 2.05) is 13.0 Å². The fourth-order valence-electron chi connectivity index (χ4n) is 2.07. The highest BCUT2D eigenvalue weighted by Gasteiger charge is 2.55. The van der Waals surface area contributed by atoms with Gasteiger partial charge in [0.2, 0.25) is 0 Å². The van der Waals surface area contributed by atoms with Crippen LogP contribution >= 0.6 is 11.6 Å². The van der Waals surface area contributed by atoms with E-state index in [2.05, 4.69) is 5.32 Å². The molecule has 0 aromatic heterocycles. The predicted octanol–water partition coefficient (Wildman–Crippen LogP) is 2.79. The Hall–Kier alpha value is -1.02. The number of ketones is 1. The average molecular weight is 208 g/mol. The smallest absolute Gasteiger partial charge is 0.190 e. The van der Waals surface area contributed by atoms with Crippen molar-refractivity contribution in [2.24, 2.45) is 0 Å². The van der Waals surface area contributed by atoms with Gasteiger partial charge in [-0.2, -0.15) is 0 Å². The number of fused-ring (bicyclic) bond motifs is 1. The monoisotopic (exact) mass is 207 g/mol. The molecule has 1 N–H and O–H groups in total. The molecule has 2 nitrogen and oxygen atoms in total. The van der Waals surface area contributed by atoms with Crippen LogP contribution in [0.25, 0.3) is 0 Å². The van der Waals surface area contributed by atoms with Gasteiger partial charge in [-0.1, -0.05) is 11.6 Å². The second kappa shape index (κ2) is 2.31. The van der Waals surface area contributed by atoms with Gasteiger partial charge in [0.1, 0.15) is 5.54 Å². The SMILES string of the molecule is Cc1c(Cl)ccc2c1NC1(CC1)C2=O. The van der Waals surface area contributed by atoms with Crippen LogP contribution in [-0.4, -0.2) is 11.3 Å². The number of halogens is 1. The minimum atomic E-state index is -0.252. The predicted molar refractivity (Wildman–Crippen MR) is 56.1 cm³/mol. The largest absolute Gasteiger partial charge is 0.372 e. The zero-order valence-electron chi connectivity index (χ0n) is 7.86. The summed E-state index contributed by atoms with van der Waals surface area (Å²) < 4.78 is 0. The van der Waals surface area contributed by atoms with Crippen LogP contribution in [-0.2, 0) is 0 Å². The van der Waals surface area contributed by atoms with Crippen LogP contribution in [0.3, 0.4) is 0 Å². The standard InChI is InChI=1S/C11H10ClNO/c1-6-8(12)3-2-7-9(6)13-11(4-5-11)10(7)14/h2-3,13H,4-5H2,1H3. The molecule has 2 aliphatic rings. The molecule has 1 heterocycles. The summed E-state index contributed by atoms with van der Waals surface area (Å²) >= 11 is 6.00. The van der Waals surface area contributed by atoms with E-state index in [-0.39, 0.29) is 11.3 Å². The van der Waals surface area contributed by atoms with Gasteiger partial charge < -0.3 is 5.32 Å². The molecule has 3 rings (SSSR count). The van der Waals surface area contributed by atoms with Gasteiger partial charge in [0.05, 0.1) is 5.69 Å². The van der Waals surface area contributed by atoms with E-state index in [1.54, 1.807) is 6.07 Å². The number of anilines is 1. The van der Waals surface area contributed by atoms with Crippen LogP contribution in [0, 0.1) is 6.92 Å². The highest BCUT2D eigenvalue weighted by Crippen LogP contribution is 2.49. The number of Topliss-reactive ketones (excluding diaryl/α,β-unsaturated/α-hetero) is 1. The molecular formula is C11H10ClNO.